The van der Waals surface area contributed by atoms with Gasteiger partial charge in [-0.1, -0.05) is 6.07 Å². The second-order valence-corrected chi connectivity index (χ2v) is 3.62. The third-order valence-electron chi connectivity index (χ3n) is 2.03. The molecule has 1 fully saturated rings. The normalized spacial score (nSPS) is 21.2. The minimum atomic E-state index is -0.117. The highest BCUT2D eigenvalue weighted by Gasteiger charge is 2.41. The van der Waals surface area contributed by atoms with Crippen molar-refractivity contribution >= 4 is 11.3 Å². The van der Waals surface area contributed by atoms with Crippen LogP contribution in [-0.2, 0) is 15.1 Å². The minimum absolute atomic E-state index is 0.117. The quantitative estimate of drug-likeness (QED) is 0.671. The first-order chi connectivity index (χ1) is 5.37. The van der Waals surface area contributed by atoms with Gasteiger partial charge in [0.1, 0.15) is 5.60 Å². The van der Waals surface area contributed by atoms with Gasteiger partial charge in [0.25, 0.3) is 0 Å². The highest BCUT2D eigenvalue weighted by molar-refractivity contribution is 7.10. The number of thiophene rings is 1. The maximum Gasteiger partial charge on any atom is 0.148 e. The minimum Gasteiger partial charge on any atom is -0.374 e. The lowest BCUT2D eigenvalue weighted by Crippen LogP contribution is -2.47. The van der Waals surface area contributed by atoms with E-state index >= 15 is 0 Å². The zero-order valence-electron chi connectivity index (χ0n) is 6.37. The summed E-state index contributed by atoms with van der Waals surface area (Å²) in [5.41, 5.74) is -0.117. The summed E-state index contributed by atoms with van der Waals surface area (Å²) in [4.78, 5) is 1.27. The van der Waals surface area contributed by atoms with E-state index < -0.39 is 0 Å². The Morgan fingerprint density at radius 2 is 2.45 bits per heavy atom. The first-order valence-corrected chi connectivity index (χ1v) is 4.42. The Labute approximate surface area is 69.8 Å². The van der Waals surface area contributed by atoms with Gasteiger partial charge in [0.2, 0.25) is 0 Å². The Kier molecular flexibility index (Phi) is 1.71. The van der Waals surface area contributed by atoms with E-state index in [2.05, 4.69) is 11.4 Å². The van der Waals surface area contributed by atoms with Crippen LogP contribution in [0.1, 0.15) is 4.88 Å². The summed E-state index contributed by atoms with van der Waals surface area (Å²) in [5.74, 6) is 0. The molecular weight excluding hydrogens is 160 g/mol. The van der Waals surface area contributed by atoms with Crippen LogP contribution in [0.5, 0.6) is 0 Å². The zero-order chi connectivity index (χ0) is 7.73. The Hall–Kier alpha value is -0.380. The number of rotatable bonds is 2. The molecule has 11 heavy (non-hydrogen) atoms. The fourth-order valence-electron chi connectivity index (χ4n) is 1.19. The van der Waals surface area contributed by atoms with Crippen LogP contribution in [0.2, 0.25) is 0 Å². The van der Waals surface area contributed by atoms with Crippen molar-refractivity contribution < 1.29 is 9.47 Å². The molecule has 2 nitrogen and oxygen atoms in total. The summed E-state index contributed by atoms with van der Waals surface area (Å²) in [6, 6.07) is 4.13. The standard InChI is InChI=1S/C8H10O2S/c1-9-8(5-10-6-8)7-3-2-4-11-7/h2-4H,5-6H2,1H3. The van der Waals surface area contributed by atoms with Gasteiger partial charge in [-0.3, -0.25) is 0 Å². The van der Waals surface area contributed by atoms with E-state index in [1.807, 2.05) is 6.07 Å². The molecule has 0 spiro atoms. The van der Waals surface area contributed by atoms with Crippen LogP contribution in [0.4, 0.5) is 0 Å². The highest BCUT2D eigenvalue weighted by atomic mass is 32.1. The average Bonchev–Trinajstić information content (AvgIpc) is 2.39. The molecule has 3 heteroatoms. The summed E-state index contributed by atoms with van der Waals surface area (Å²) >= 11 is 1.73. The molecule has 1 aliphatic heterocycles. The zero-order valence-corrected chi connectivity index (χ0v) is 7.19. The van der Waals surface area contributed by atoms with Crippen molar-refractivity contribution in [1.82, 2.24) is 0 Å². The molecule has 2 rings (SSSR count). The van der Waals surface area contributed by atoms with Crippen molar-refractivity contribution in [1.29, 1.82) is 0 Å². The third kappa shape index (κ3) is 1.00. The molecule has 2 heterocycles. The van der Waals surface area contributed by atoms with E-state index in [4.69, 9.17) is 9.47 Å². The van der Waals surface area contributed by atoms with Gasteiger partial charge in [0, 0.05) is 12.0 Å². The number of ether oxygens (including phenoxy) is 2. The van der Waals surface area contributed by atoms with Crippen LogP contribution in [0, 0.1) is 0 Å². The Morgan fingerprint density at radius 1 is 1.64 bits per heavy atom. The SMILES string of the molecule is COC1(c2cccs2)COC1. The third-order valence-corrected chi connectivity index (χ3v) is 3.09. The van der Waals surface area contributed by atoms with Crippen LogP contribution < -0.4 is 0 Å². The van der Waals surface area contributed by atoms with Gasteiger partial charge in [-0.25, -0.2) is 0 Å². The van der Waals surface area contributed by atoms with Gasteiger partial charge >= 0.3 is 0 Å². The molecule has 0 aliphatic carbocycles. The van der Waals surface area contributed by atoms with Gasteiger partial charge in [0.05, 0.1) is 13.2 Å². The van der Waals surface area contributed by atoms with Gasteiger partial charge in [-0.2, -0.15) is 0 Å². The van der Waals surface area contributed by atoms with E-state index in [1.165, 1.54) is 4.88 Å². The number of methoxy groups -OCH3 is 1. The van der Waals surface area contributed by atoms with Crippen molar-refractivity contribution in [3.63, 3.8) is 0 Å². The maximum absolute atomic E-state index is 5.40. The average molecular weight is 170 g/mol. The summed E-state index contributed by atoms with van der Waals surface area (Å²) < 4.78 is 10.5. The lowest BCUT2D eigenvalue weighted by Gasteiger charge is -2.39. The lowest BCUT2D eigenvalue weighted by atomic mass is 10.0. The molecular formula is C8H10O2S. The molecule has 0 atom stereocenters. The fraction of sp³-hybridized carbons (Fsp3) is 0.500. The molecule has 0 bridgehead atoms. The molecule has 0 saturated carbocycles. The Bertz CT molecular complexity index is 221. The number of hydrogen-bond donors (Lipinski definition) is 0. The molecule has 0 radical (unpaired) electrons. The topological polar surface area (TPSA) is 18.5 Å². The predicted molar refractivity (Wildman–Crippen MR) is 43.8 cm³/mol. The fourth-order valence-corrected chi connectivity index (χ4v) is 2.06. The maximum atomic E-state index is 5.40. The summed E-state index contributed by atoms with van der Waals surface area (Å²) in [5, 5.41) is 2.06. The first kappa shape index (κ1) is 7.28. The monoisotopic (exact) mass is 170 g/mol. The second-order valence-electron chi connectivity index (χ2n) is 2.67. The second kappa shape index (κ2) is 2.59. The molecule has 1 aliphatic rings. The van der Waals surface area contributed by atoms with Crippen LogP contribution in [0.3, 0.4) is 0 Å². The molecule has 0 amide bonds. The van der Waals surface area contributed by atoms with Gasteiger partial charge in [-0.15, -0.1) is 11.3 Å². The van der Waals surface area contributed by atoms with Crippen molar-refractivity contribution in [2.75, 3.05) is 20.3 Å². The van der Waals surface area contributed by atoms with Gasteiger partial charge in [0.15, 0.2) is 0 Å². The van der Waals surface area contributed by atoms with E-state index in [0.29, 0.717) is 13.2 Å². The molecule has 1 saturated heterocycles. The first-order valence-electron chi connectivity index (χ1n) is 3.54. The smallest absolute Gasteiger partial charge is 0.148 e. The largest absolute Gasteiger partial charge is 0.374 e. The van der Waals surface area contributed by atoms with Gasteiger partial charge < -0.3 is 9.47 Å². The van der Waals surface area contributed by atoms with Crippen molar-refractivity contribution in [3.05, 3.63) is 22.4 Å². The van der Waals surface area contributed by atoms with Crippen LogP contribution in [0.25, 0.3) is 0 Å². The van der Waals surface area contributed by atoms with Crippen molar-refractivity contribution in [3.8, 4) is 0 Å². The molecule has 0 N–H and O–H groups in total. The van der Waals surface area contributed by atoms with E-state index in [1.54, 1.807) is 18.4 Å². The van der Waals surface area contributed by atoms with Crippen LogP contribution in [0.15, 0.2) is 17.5 Å². The molecule has 60 valence electrons. The lowest BCUT2D eigenvalue weighted by molar-refractivity contribution is -0.200. The molecule has 0 unspecified atom stereocenters. The van der Waals surface area contributed by atoms with E-state index in [9.17, 15) is 0 Å². The Balaban J connectivity index is 2.25. The molecule has 1 aromatic rings. The van der Waals surface area contributed by atoms with Crippen molar-refractivity contribution in [2.24, 2.45) is 0 Å². The molecule has 1 aromatic heterocycles. The number of hydrogen-bond acceptors (Lipinski definition) is 3. The van der Waals surface area contributed by atoms with Gasteiger partial charge in [-0.05, 0) is 11.4 Å². The summed E-state index contributed by atoms with van der Waals surface area (Å²) in [7, 11) is 1.74. The van der Waals surface area contributed by atoms with Crippen LogP contribution >= 0.6 is 11.3 Å². The summed E-state index contributed by atoms with van der Waals surface area (Å²) in [6.07, 6.45) is 0. The summed E-state index contributed by atoms with van der Waals surface area (Å²) in [6.45, 7) is 1.40. The Morgan fingerprint density at radius 3 is 2.82 bits per heavy atom. The highest BCUT2D eigenvalue weighted by Crippen LogP contribution is 2.35. The van der Waals surface area contributed by atoms with E-state index in [0.717, 1.165) is 0 Å². The predicted octanol–water partition coefficient (Wildman–Crippen LogP) is 1.62. The molecule has 0 aromatic carbocycles. The van der Waals surface area contributed by atoms with Crippen LogP contribution in [-0.4, -0.2) is 20.3 Å². The van der Waals surface area contributed by atoms with E-state index in [-0.39, 0.29) is 5.60 Å². The van der Waals surface area contributed by atoms with Crippen molar-refractivity contribution in [2.45, 2.75) is 5.60 Å².